The molecule has 0 aromatic heterocycles. The van der Waals surface area contributed by atoms with Gasteiger partial charge in [-0.3, -0.25) is 14.6 Å². The predicted octanol–water partition coefficient (Wildman–Crippen LogP) is 6.03. The quantitative estimate of drug-likeness (QED) is 0.399. The summed E-state index contributed by atoms with van der Waals surface area (Å²) < 4.78 is 11.8. The van der Waals surface area contributed by atoms with Crippen molar-refractivity contribution in [2.45, 2.75) is 70.4 Å². The molecule has 4 atom stereocenters. The van der Waals surface area contributed by atoms with Crippen molar-refractivity contribution in [2.75, 3.05) is 39.3 Å². The van der Waals surface area contributed by atoms with E-state index in [1.165, 1.54) is 16.7 Å². The molecule has 220 valence electrons. The Hall–Kier alpha value is -3.09. The van der Waals surface area contributed by atoms with Gasteiger partial charge in [0.25, 0.3) is 0 Å². The first-order chi connectivity index (χ1) is 19.7. The van der Waals surface area contributed by atoms with E-state index >= 15 is 0 Å². The average Bonchev–Trinajstić information content (AvgIpc) is 2.95. The lowest BCUT2D eigenvalue weighted by Crippen LogP contribution is -2.52. The van der Waals surface area contributed by atoms with Crippen molar-refractivity contribution in [3.05, 3.63) is 89.2 Å². The molecular weight excluding hydrogens is 512 g/mol. The molecule has 1 unspecified atom stereocenters. The lowest BCUT2D eigenvalue weighted by atomic mass is 9.65. The molecule has 6 nitrogen and oxygen atoms in total. The number of aryl methyl sites for hydroxylation is 1. The largest absolute Gasteiger partial charge is 0.508 e. The second-order valence-electron chi connectivity index (χ2n) is 12.9. The summed E-state index contributed by atoms with van der Waals surface area (Å²) in [5.74, 6) is 2.36. The van der Waals surface area contributed by atoms with E-state index in [1.54, 1.807) is 0 Å². The van der Waals surface area contributed by atoms with Gasteiger partial charge in [0.2, 0.25) is 0 Å². The summed E-state index contributed by atoms with van der Waals surface area (Å²) in [6.45, 7) is 12.5. The highest BCUT2D eigenvalue weighted by Crippen LogP contribution is 2.49. The van der Waals surface area contributed by atoms with Gasteiger partial charge >= 0.3 is 5.97 Å². The monoisotopic (exact) mass is 558 g/mol. The molecule has 6 heteroatoms. The van der Waals surface area contributed by atoms with Gasteiger partial charge in [-0.2, -0.15) is 0 Å². The first kappa shape index (κ1) is 29.4. The Morgan fingerprint density at radius 2 is 1.83 bits per heavy atom. The van der Waals surface area contributed by atoms with Crippen LogP contribution in [0.1, 0.15) is 69.1 Å². The zero-order valence-electron chi connectivity index (χ0n) is 25.1. The SMILES string of the molecule is C[C@H](COC1=CCC([C@@H]2c3ccc(O)cc3CC[C@@H]2c2ccccc2)C=C1)N1CCN(CC(=O)OC(C)(C)C)CC1. The van der Waals surface area contributed by atoms with Gasteiger partial charge in [-0.15, -0.1) is 0 Å². The van der Waals surface area contributed by atoms with Crippen LogP contribution in [0.4, 0.5) is 0 Å². The predicted molar refractivity (Wildman–Crippen MR) is 163 cm³/mol. The van der Waals surface area contributed by atoms with E-state index < -0.39 is 5.60 Å². The minimum atomic E-state index is -0.443. The summed E-state index contributed by atoms with van der Waals surface area (Å²) >= 11 is 0. The molecule has 0 radical (unpaired) electrons. The van der Waals surface area contributed by atoms with Crippen LogP contribution < -0.4 is 0 Å². The first-order valence-electron chi connectivity index (χ1n) is 15.2. The number of hydrogen-bond acceptors (Lipinski definition) is 6. The van der Waals surface area contributed by atoms with Gasteiger partial charge in [0.1, 0.15) is 23.7 Å². The number of phenolic OH excluding ortho intramolecular Hbond substituents is 1. The van der Waals surface area contributed by atoms with Crippen molar-refractivity contribution in [3.63, 3.8) is 0 Å². The molecule has 0 amide bonds. The van der Waals surface area contributed by atoms with E-state index in [0.717, 1.165) is 51.2 Å². The lowest BCUT2D eigenvalue weighted by molar-refractivity contribution is -0.156. The Labute approximate surface area is 245 Å². The molecule has 2 aromatic carbocycles. The summed E-state index contributed by atoms with van der Waals surface area (Å²) in [4.78, 5) is 16.8. The number of piperazine rings is 1. The number of aromatic hydroxyl groups is 1. The van der Waals surface area contributed by atoms with Crippen LogP contribution in [-0.4, -0.2) is 71.8 Å². The number of carbonyl (C=O) groups is 1. The van der Waals surface area contributed by atoms with Crippen LogP contribution in [0.5, 0.6) is 5.75 Å². The average molecular weight is 559 g/mol. The zero-order chi connectivity index (χ0) is 29.0. The van der Waals surface area contributed by atoms with Crippen LogP contribution in [0.25, 0.3) is 0 Å². The van der Waals surface area contributed by atoms with Crippen molar-refractivity contribution in [1.29, 1.82) is 0 Å². The van der Waals surface area contributed by atoms with E-state index in [0.29, 0.717) is 42.7 Å². The molecule has 1 saturated heterocycles. The highest BCUT2D eigenvalue weighted by atomic mass is 16.6. The van der Waals surface area contributed by atoms with E-state index in [1.807, 2.05) is 32.9 Å². The Morgan fingerprint density at radius 1 is 1.07 bits per heavy atom. The maximum absolute atomic E-state index is 12.2. The fourth-order valence-corrected chi connectivity index (χ4v) is 6.68. The fourth-order valence-electron chi connectivity index (χ4n) is 6.68. The molecular formula is C35H46N2O4. The smallest absolute Gasteiger partial charge is 0.320 e. The summed E-state index contributed by atoms with van der Waals surface area (Å²) in [6, 6.07) is 17.1. The summed E-state index contributed by atoms with van der Waals surface area (Å²) in [7, 11) is 0. The zero-order valence-corrected chi connectivity index (χ0v) is 25.1. The molecule has 0 spiro atoms. The Kier molecular flexibility index (Phi) is 9.20. The second kappa shape index (κ2) is 12.8. The number of allylic oxidation sites excluding steroid dienone is 3. The molecule has 5 rings (SSSR count). The van der Waals surface area contributed by atoms with Gasteiger partial charge in [0.05, 0.1) is 6.54 Å². The summed E-state index contributed by atoms with van der Waals surface area (Å²) in [6.07, 6.45) is 9.79. The van der Waals surface area contributed by atoms with Crippen molar-refractivity contribution < 1.29 is 19.4 Å². The number of fused-ring (bicyclic) bond motifs is 1. The fraction of sp³-hybridized carbons (Fsp3) is 0.514. The van der Waals surface area contributed by atoms with Crippen LogP contribution in [0, 0.1) is 5.92 Å². The van der Waals surface area contributed by atoms with E-state index in [2.05, 4.69) is 71.3 Å². The van der Waals surface area contributed by atoms with Gasteiger partial charge in [0, 0.05) is 32.2 Å². The second-order valence-corrected chi connectivity index (χ2v) is 12.9. The summed E-state index contributed by atoms with van der Waals surface area (Å²) in [5, 5.41) is 10.1. The Bertz CT molecular complexity index is 1240. The van der Waals surface area contributed by atoms with Gasteiger partial charge in [-0.1, -0.05) is 42.5 Å². The standard InChI is InChI=1S/C35H46N2O4/c1-25(37-20-18-36(19-21-37)23-33(39)41-35(2,3)4)24-40-30-14-10-27(11-15-30)34-31(26-8-6-5-7-9-26)16-12-28-22-29(38)13-17-32(28)34/h5-10,13-15,17,22,25,27,31,34,38H,11-12,16,18-21,23-24H2,1-4H3/t25-,27?,31-,34+/m1/s1. The minimum absolute atomic E-state index is 0.151. The van der Waals surface area contributed by atoms with E-state index in [4.69, 9.17) is 9.47 Å². The van der Waals surface area contributed by atoms with E-state index in [-0.39, 0.29) is 5.97 Å². The highest BCUT2D eigenvalue weighted by Gasteiger charge is 2.36. The molecule has 1 aliphatic heterocycles. The first-order valence-corrected chi connectivity index (χ1v) is 15.2. The van der Waals surface area contributed by atoms with Crippen molar-refractivity contribution >= 4 is 5.97 Å². The highest BCUT2D eigenvalue weighted by molar-refractivity contribution is 5.72. The van der Waals surface area contributed by atoms with Crippen molar-refractivity contribution in [1.82, 2.24) is 9.80 Å². The van der Waals surface area contributed by atoms with Gasteiger partial charge < -0.3 is 14.6 Å². The van der Waals surface area contributed by atoms with Crippen molar-refractivity contribution in [2.24, 2.45) is 5.92 Å². The van der Waals surface area contributed by atoms with E-state index in [9.17, 15) is 9.90 Å². The number of phenols is 1. The lowest BCUT2D eigenvalue weighted by Gasteiger charge is -2.39. The number of hydrogen-bond donors (Lipinski definition) is 1. The van der Waals surface area contributed by atoms with Crippen molar-refractivity contribution in [3.8, 4) is 5.75 Å². The molecule has 1 heterocycles. The number of rotatable bonds is 8. The third-order valence-electron chi connectivity index (χ3n) is 8.73. The van der Waals surface area contributed by atoms with Crippen LogP contribution in [0.2, 0.25) is 0 Å². The van der Waals surface area contributed by atoms with Gasteiger partial charge in [-0.05, 0) is 106 Å². The number of esters is 1. The summed E-state index contributed by atoms with van der Waals surface area (Å²) in [5.41, 5.74) is 3.61. The molecule has 0 saturated carbocycles. The molecule has 0 bridgehead atoms. The Morgan fingerprint density at radius 3 is 2.51 bits per heavy atom. The van der Waals surface area contributed by atoms with Gasteiger partial charge in [0.15, 0.2) is 0 Å². The number of carbonyl (C=O) groups excluding carboxylic acids is 1. The third-order valence-corrected chi connectivity index (χ3v) is 8.73. The number of nitrogens with zero attached hydrogens (tertiary/aromatic N) is 2. The topological polar surface area (TPSA) is 62.2 Å². The molecule has 2 aromatic rings. The number of ether oxygens (including phenoxy) is 2. The van der Waals surface area contributed by atoms with Crippen LogP contribution >= 0.6 is 0 Å². The maximum Gasteiger partial charge on any atom is 0.320 e. The Balaban J connectivity index is 1.15. The molecule has 1 fully saturated rings. The van der Waals surface area contributed by atoms with Gasteiger partial charge in [-0.25, -0.2) is 0 Å². The molecule has 41 heavy (non-hydrogen) atoms. The number of benzene rings is 2. The van der Waals surface area contributed by atoms with Crippen LogP contribution in [-0.2, 0) is 20.7 Å². The normalized spacial score (nSPS) is 24.3. The molecule has 3 aliphatic rings. The molecule has 1 N–H and O–H groups in total. The third kappa shape index (κ3) is 7.60. The maximum atomic E-state index is 12.2. The van der Waals surface area contributed by atoms with Crippen LogP contribution in [0.3, 0.4) is 0 Å². The minimum Gasteiger partial charge on any atom is -0.508 e. The molecule has 2 aliphatic carbocycles. The van der Waals surface area contributed by atoms with Crippen LogP contribution in [0.15, 0.2) is 72.5 Å².